The third kappa shape index (κ3) is 4.78. The zero-order chi connectivity index (χ0) is 20.1. The van der Waals surface area contributed by atoms with E-state index in [-0.39, 0.29) is 23.6 Å². The molecule has 148 valence electrons. The number of rotatable bonds is 7. The van der Waals surface area contributed by atoms with Gasteiger partial charge in [-0.05, 0) is 41.5 Å². The van der Waals surface area contributed by atoms with Gasteiger partial charge in [0.05, 0.1) is 4.88 Å². The van der Waals surface area contributed by atoms with Gasteiger partial charge in [0, 0.05) is 25.2 Å². The van der Waals surface area contributed by atoms with Crippen molar-refractivity contribution in [2.75, 3.05) is 11.4 Å². The van der Waals surface area contributed by atoms with E-state index in [2.05, 4.69) is 10.6 Å². The predicted molar refractivity (Wildman–Crippen MR) is 110 cm³/mol. The quantitative estimate of drug-likeness (QED) is 0.751. The molecule has 0 radical (unpaired) electrons. The molecule has 3 amide bonds. The molecule has 2 heterocycles. The third-order valence-electron chi connectivity index (χ3n) is 4.77. The van der Waals surface area contributed by atoms with E-state index in [0.29, 0.717) is 17.8 Å². The van der Waals surface area contributed by atoms with Gasteiger partial charge in [-0.1, -0.05) is 32.0 Å². The number of benzene rings is 1. The maximum Gasteiger partial charge on any atom is 0.262 e. The van der Waals surface area contributed by atoms with Crippen molar-refractivity contribution in [3.8, 4) is 0 Å². The van der Waals surface area contributed by atoms with Crippen LogP contribution in [0.5, 0.6) is 0 Å². The Morgan fingerprint density at radius 1 is 1.18 bits per heavy atom. The van der Waals surface area contributed by atoms with E-state index in [0.717, 1.165) is 24.2 Å². The van der Waals surface area contributed by atoms with Gasteiger partial charge in [0.1, 0.15) is 6.04 Å². The fourth-order valence-electron chi connectivity index (χ4n) is 3.17. The first-order chi connectivity index (χ1) is 13.5. The van der Waals surface area contributed by atoms with E-state index >= 15 is 0 Å². The Labute approximate surface area is 168 Å². The molecule has 3 rings (SSSR count). The number of hydrogen-bond acceptors (Lipinski definition) is 4. The molecule has 0 spiro atoms. The second-order valence-electron chi connectivity index (χ2n) is 7.21. The molecule has 0 saturated carbocycles. The van der Waals surface area contributed by atoms with Crippen LogP contribution in [-0.4, -0.2) is 30.3 Å². The standard InChI is InChI=1S/C21H25N3O3S/c1-14(2)19(23-20(26)17-5-4-12-28-17)21(27)22-13-15-7-9-16(10-8-15)24-11-3-6-18(24)25/h4-5,7-10,12,14,19H,3,6,11,13H2,1-2H3,(H,22,27)(H,23,26)/t19-/m1/s1. The first kappa shape index (κ1) is 20.1. The first-order valence-electron chi connectivity index (χ1n) is 9.47. The molecular formula is C21H25N3O3S. The second kappa shape index (κ2) is 9.01. The predicted octanol–water partition coefficient (Wildman–Crippen LogP) is 2.95. The topological polar surface area (TPSA) is 78.5 Å². The summed E-state index contributed by atoms with van der Waals surface area (Å²) >= 11 is 1.35. The summed E-state index contributed by atoms with van der Waals surface area (Å²) in [5, 5.41) is 7.55. The van der Waals surface area contributed by atoms with Crippen molar-refractivity contribution >= 4 is 34.7 Å². The van der Waals surface area contributed by atoms with E-state index in [1.54, 1.807) is 11.0 Å². The zero-order valence-corrected chi connectivity index (χ0v) is 16.9. The Hall–Kier alpha value is -2.67. The molecule has 1 fully saturated rings. The molecule has 1 aliphatic rings. The van der Waals surface area contributed by atoms with Gasteiger partial charge in [0.2, 0.25) is 11.8 Å². The summed E-state index contributed by atoms with van der Waals surface area (Å²) in [4.78, 5) is 39.1. The number of anilines is 1. The Bertz CT molecular complexity index is 831. The molecule has 0 aliphatic carbocycles. The van der Waals surface area contributed by atoms with Gasteiger partial charge in [-0.2, -0.15) is 0 Å². The Kier molecular flexibility index (Phi) is 6.46. The highest BCUT2D eigenvalue weighted by Crippen LogP contribution is 2.21. The summed E-state index contributed by atoms with van der Waals surface area (Å²) in [5.74, 6) is -0.322. The summed E-state index contributed by atoms with van der Waals surface area (Å²) in [7, 11) is 0. The van der Waals surface area contributed by atoms with Crippen molar-refractivity contribution in [3.05, 3.63) is 52.2 Å². The summed E-state index contributed by atoms with van der Waals surface area (Å²) in [5.41, 5.74) is 1.83. The average molecular weight is 400 g/mol. The van der Waals surface area contributed by atoms with Gasteiger partial charge in [-0.15, -0.1) is 11.3 Å². The average Bonchev–Trinajstić information content (AvgIpc) is 3.36. The summed E-state index contributed by atoms with van der Waals surface area (Å²) in [6, 6.07) is 10.6. The van der Waals surface area contributed by atoms with E-state index < -0.39 is 6.04 Å². The molecule has 1 aromatic carbocycles. The van der Waals surface area contributed by atoms with Crippen molar-refractivity contribution in [3.63, 3.8) is 0 Å². The highest BCUT2D eigenvalue weighted by Gasteiger charge is 2.25. The third-order valence-corrected chi connectivity index (χ3v) is 5.64. The van der Waals surface area contributed by atoms with Gasteiger partial charge in [-0.25, -0.2) is 0 Å². The van der Waals surface area contributed by atoms with Crippen LogP contribution in [0.1, 0.15) is 41.9 Å². The van der Waals surface area contributed by atoms with E-state index in [4.69, 9.17) is 0 Å². The first-order valence-corrected chi connectivity index (χ1v) is 10.3. The molecule has 1 aromatic heterocycles. The molecule has 1 saturated heterocycles. The monoisotopic (exact) mass is 399 g/mol. The largest absolute Gasteiger partial charge is 0.350 e. The van der Waals surface area contributed by atoms with E-state index in [1.165, 1.54) is 11.3 Å². The number of carbonyl (C=O) groups is 3. The van der Waals surface area contributed by atoms with Crippen molar-refractivity contribution in [1.29, 1.82) is 0 Å². The molecule has 6 nitrogen and oxygen atoms in total. The Balaban J connectivity index is 1.56. The summed E-state index contributed by atoms with van der Waals surface area (Å²) < 4.78 is 0. The van der Waals surface area contributed by atoms with Gasteiger partial charge in [-0.3, -0.25) is 14.4 Å². The maximum absolute atomic E-state index is 12.6. The van der Waals surface area contributed by atoms with E-state index in [9.17, 15) is 14.4 Å². The normalized spacial score (nSPS) is 15.0. The van der Waals surface area contributed by atoms with Gasteiger partial charge in [0.25, 0.3) is 5.91 Å². The molecule has 7 heteroatoms. The number of thiophene rings is 1. The fourth-order valence-corrected chi connectivity index (χ4v) is 3.80. The van der Waals surface area contributed by atoms with Gasteiger partial charge in [0.15, 0.2) is 0 Å². The molecule has 1 atom stereocenters. The van der Waals surface area contributed by atoms with Crippen LogP contribution in [0.2, 0.25) is 0 Å². The molecule has 0 bridgehead atoms. The van der Waals surface area contributed by atoms with Crippen LogP contribution in [0.3, 0.4) is 0 Å². The van der Waals surface area contributed by atoms with Crippen molar-refractivity contribution in [1.82, 2.24) is 10.6 Å². The lowest BCUT2D eigenvalue weighted by Crippen LogP contribution is -2.49. The minimum atomic E-state index is -0.601. The van der Waals surface area contributed by atoms with E-state index in [1.807, 2.05) is 49.6 Å². The van der Waals surface area contributed by atoms with Crippen LogP contribution in [-0.2, 0) is 16.1 Å². The minimum Gasteiger partial charge on any atom is -0.350 e. The zero-order valence-electron chi connectivity index (χ0n) is 16.1. The van der Waals surface area contributed by atoms with Crippen LogP contribution < -0.4 is 15.5 Å². The van der Waals surface area contributed by atoms with Crippen molar-refractivity contribution in [2.45, 2.75) is 39.3 Å². The van der Waals surface area contributed by atoms with Gasteiger partial charge < -0.3 is 15.5 Å². The van der Waals surface area contributed by atoms with Crippen LogP contribution in [0.15, 0.2) is 41.8 Å². The Morgan fingerprint density at radius 3 is 2.50 bits per heavy atom. The lowest BCUT2D eigenvalue weighted by Gasteiger charge is -2.21. The minimum absolute atomic E-state index is 0.0348. The van der Waals surface area contributed by atoms with Crippen molar-refractivity contribution in [2.24, 2.45) is 5.92 Å². The molecule has 0 unspecified atom stereocenters. The SMILES string of the molecule is CC(C)[C@@H](NC(=O)c1cccs1)C(=O)NCc1ccc(N2CCCC2=O)cc1. The lowest BCUT2D eigenvalue weighted by molar-refractivity contribution is -0.124. The number of amides is 3. The summed E-state index contributed by atoms with van der Waals surface area (Å²) in [6.45, 7) is 4.93. The fraction of sp³-hybridized carbons (Fsp3) is 0.381. The highest BCUT2D eigenvalue weighted by atomic mass is 32.1. The van der Waals surface area contributed by atoms with Crippen molar-refractivity contribution < 1.29 is 14.4 Å². The molecule has 28 heavy (non-hydrogen) atoms. The number of nitrogens with zero attached hydrogens (tertiary/aromatic N) is 1. The molecule has 2 aromatic rings. The van der Waals surface area contributed by atoms with Crippen LogP contribution in [0.25, 0.3) is 0 Å². The number of nitrogens with one attached hydrogen (secondary N) is 2. The smallest absolute Gasteiger partial charge is 0.262 e. The van der Waals surface area contributed by atoms with Crippen LogP contribution >= 0.6 is 11.3 Å². The second-order valence-corrected chi connectivity index (χ2v) is 8.15. The summed E-state index contributed by atoms with van der Waals surface area (Å²) in [6.07, 6.45) is 1.50. The van der Waals surface area contributed by atoms with Crippen LogP contribution in [0, 0.1) is 5.92 Å². The molecular weight excluding hydrogens is 374 g/mol. The molecule has 1 aliphatic heterocycles. The number of hydrogen-bond donors (Lipinski definition) is 2. The highest BCUT2D eigenvalue weighted by molar-refractivity contribution is 7.12. The molecule has 2 N–H and O–H groups in total. The number of carbonyl (C=O) groups excluding carboxylic acids is 3. The Morgan fingerprint density at radius 2 is 1.93 bits per heavy atom. The van der Waals surface area contributed by atoms with Gasteiger partial charge >= 0.3 is 0 Å². The van der Waals surface area contributed by atoms with Crippen LogP contribution in [0.4, 0.5) is 5.69 Å². The maximum atomic E-state index is 12.6. The lowest BCUT2D eigenvalue weighted by atomic mass is 10.0.